The van der Waals surface area contributed by atoms with Crippen LogP contribution >= 0.6 is 0 Å². The first kappa shape index (κ1) is 10.0. The quantitative estimate of drug-likeness (QED) is 0.604. The van der Waals surface area contributed by atoms with E-state index in [9.17, 15) is 0 Å². The SMILES string of the molecule is CNC(CO)c1ccc(C)c(N)c1. The second kappa shape index (κ2) is 4.25. The third-order valence-electron chi connectivity index (χ3n) is 2.24. The predicted octanol–water partition coefficient (Wildman–Crippen LogP) is 0.830. The standard InChI is InChI=1S/C10H16N2O/c1-7-3-4-8(5-9(7)11)10(6-13)12-2/h3-5,10,12-13H,6,11H2,1-2H3. The Hall–Kier alpha value is -1.06. The van der Waals surface area contributed by atoms with E-state index in [1.165, 1.54) is 0 Å². The number of aliphatic hydroxyl groups excluding tert-OH is 1. The van der Waals surface area contributed by atoms with Gasteiger partial charge in [-0.2, -0.15) is 0 Å². The van der Waals surface area contributed by atoms with Crippen molar-refractivity contribution in [2.45, 2.75) is 13.0 Å². The first-order chi connectivity index (χ1) is 6.19. The Balaban J connectivity index is 2.95. The van der Waals surface area contributed by atoms with Crippen molar-refractivity contribution in [3.05, 3.63) is 29.3 Å². The van der Waals surface area contributed by atoms with Gasteiger partial charge in [-0.25, -0.2) is 0 Å². The van der Waals surface area contributed by atoms with Crippen molar-refractivity contribution >= 4 is 5.69 Å². The van der Waals surface area contributed by atoms with Crippen LogP contribution in [0.1, 0.15) is 17.2 Å². The monoisotopic (exact) mass is 180 g/mol. The lowest BCUT2D eigenvalue weighted by molar-refractivity contribution is 0.251. The molecule has 0 aliphatic carbocycles. The van der Waals surface area contributed by atoms with Gasteiger partial charge < -0.3 is 16.2 Å². The number of nitrogens with one attached hydrogen (secondary N) is 1. The van der Waals surface area contributed by atoms with Crippen LogP contribution in [0.3, 0.4) is 0 Å². The number of anilines is 1. The minimum Gasteiger partial charge on any atom is -0.399 e. The number of hydrogen-bond acceptors (Lipinski definition) is 3. The molecular formula is C10H16N2O. The molecule has 4 N–H and O–H groups in total. The zero-order chi connectivity index (χ0) is 9.84. The van der Waals surface area contributed by atoms with Crippen molar-refractivity contribution in [1.29, 1.82) is 0 Å². The molecule has 0 bridgehead atoms. The van der Waals surface area contributed by atoms with Crippen LogP contribution in [-0.2, 0) is 0 Å². The summed E-state index contributed by atoms with van der Waals surface area (Å²) in [6.45, 7) is 2.05. The Labute approximate surface area is 78.6 Å². The number of aliphatic hydroxyl groups is 1. The van der Waals surface area contributed by atoms with E-state index in [2.05, 4.69) is 5.32 Å². The highest BCUT2D eigenvalue weighted by Crippen LogP contribution is 2.18. The number of hydrogen-bond donors (Lipinski definition) is 3. The smallest absolute Gasteiger partial charge is 0.0626 e. The van der Waals surface area contributed by atoms with E-state index >= 15 is 0 Å². The van der Waals surface area contributed by atoms with E-state index in [-0.39, 0.29) is 12.6 Å². The minimum absolute atomic E-state index is 0.0251. The zero-order valence-corrected chi connectivity index (χ0v) is 8.04. The van der Waals surface area contributed by atoms with Crippen LogP contribution in [0.2, 0.25) is 0 Å². The molecule has 0 saturated carbocycles. The van der Waals surface area contributed by atoms with Gasteiger partial charge >= 0.3 is 0 Å². The van der Waals surface area contributed by atoms with Crippen molar-refractivity contribution in [3.8, 4) is 0 Å². The third kappa shape index (κ3) is 2.20. The molecule has 0 fully saturated rings. The molecule has 1 aromatic rings. The van der Waals surface area contributed by atoms with Crippen molar-refractivity contribution in [3.63, 3.8) is 0 Å². The van der Waals surface area contributed by atoms with E-state index in [1.54, 1.807) is 0 Å². The van der Waals surface area contributed by atoms with Gasteiger partial charge in [0, 0.05) is 5.69 Å². The molecule has 0 radical (unpaired) electrons. The van der Waals surface area contributed by atoms with Crippen molar-refractivity contribution in [2.75, 3.05) is 19.4 Å². The molecule has 0 aromatic heterocycles. The van der Waals surface area contributed by atoms with Gasteiger partial charge in [0.05, 0.1) is 12.6 Å². The molecule has 0 heterocycles. The molecule has 0 saturated heterocycles. The summed E-state index contributed by atoms with van der Waals surface area (Å²) in [6, 6.07) is 5.81. The van der Waals surface area contributed by atoms with E-state index in [0.29, 0.717) is 0 Å². The van der Waals surface area contributed by atoms with Crippen LogP contribution in [0.25, 0.3) is 0 Å². The highest BCUT2D eigenvalue weighted by atomic mass is 16.3. The van der Waals surface area contributed by atoms with Crippen LogP contribution in [0.15, 0.2) is 18.2 Å². The summed E-state index contributed by atoms with van der Waals surface area (Å²) in [5, 5.41) is 12.0. The summed E-state index contributed by atoms with van der Waals surface area (Å²) in [5.74, 6) is 0. The average Bonchev–Trinajstić information content (AvgIpc) is 2.13. The van der Waals surface area contributed by atoms with Gasteiger partial charge in [-0.05, 0) is 31.2 Å². The molecular weight excluding hydrogens is 164 g/mol. The fourth-order valence-corrected chi connectivity index (χ4v) is 1.24. The molecule has 72 valence electrons. The Morgan fingerprint density at radius 2 is 2.23 bits per heavy atom. The number of nitrogen functional groups attached to an aromatic ring is 1. The summed E-state index contributed by atoms with van der Waals surface area (Å²) in [7, 11) is 1.82. The van der Waals surface area contributed by atoms with E-state index in [1.807, 2.05) is 32.2 Å². The lowest BCUT2D eigenvalue weighted by Gasteiger charge is -2.14. The van der Waals surface area contributed by atoms with E-state index in [0.717, 1.165) is 16.8 Å². The van der Waals surface area contributed by atoms with Gasteiger partial charge in [-0.15, -0.1) is 0 Å². The summed E-state index contributed by atoms with van der Waals surface area (Å²) in [4.78, 5) is 0. The normalized spacial score (nSPS) is 12.8. The minimum atomic E-state index is -0.0251. The molecule has 1 unspecified atom stereocenters. The maximum Gasteiger partial charge on any atom is 0.0626 e. The first-order valence-electron chi connectivity index (χ1n) is 4.33. The number of aryl methyl sites for hydroxylation is 1. The summed E-state index contributed by atoms with van der Waals surface area (Å²) >= 11 is 0. The summed E-state index contributed by atoms with van der Waals surface area (Å²) < 4.78 is 0. The highest BCUT2D eigenvalue weighted by Gasteiger charge is 2.07. The van der Waals surface area contributed by atoms with E-state index < -0.39 is 0 Å². The van der Waals surface area contributed by atoms with Gasteiger partial charge in [0.15, 0.2) is 0 Å². The molecule has 1 atom stereocenters. The Bertz CT molecular complexity index is 282. The van der Waals surface area contributed by atoms with Gasteiger partial charge in [0.2, 0.25) is 0 Å². The molecule has 0 amide bonds. The summed E-state index contributed by atoms with van der Waals surface area (Å²) in [6.07, 6.45) is 0. The third-order valence-corrected chi connectivity index (χ3v) is 2.24. The van der Waals surface area contributed by atoms with Crippen molar-refractivity contribution in [1.82, 2.24) is 5.32 Å². The first-order valence-corrected chi connectivity index (χ1v) is 4.33. The molecule has 0 aliphatic rings. The predicted molar refractivity (Wildman–Crippen MR) is 54.5 cm³/mol. The van der Waals surface area contributed by atoms with Gasteiger partial charge in [0.1, 0.15) is 0 Å². The van der Waals surface area contributed by atoms with Gasteiger partial charge in [-0.1, -0.05) is 12.1 Å². The molecule has 1 rings (SSSR count). The second-order valence-corrected chi connectivity index (χ2v) is 3.14. The lowest BCUT2D eigenvalue weighted by Crippen LogP contribution is -2.20. The summed E-state index contributed by atoms with van der Waals surface area (Å²) in [5.41, 5.74) is 8.62. The molecule has 0 aliphatic heterocycles. The van der Waals surface area contributed by atoms with Crippen LogP contribution in [0, 0.1) is 6.92 Å². The van der Waals surface area contributed by atoms with Crippen LogP contribution in [0.4, 0.5) is 5.69 Å². The number of nitrogens with two attached hydrogens (primary N) is 1. The second-order valence-electron chi connectivity index (χ2n) is 3.14. The number of likely N-dealkylation sites (N-methyl/N-ethyl adjacent to an activating group) is 1. The maximum atomic E-state index is 9.04. The maximum absolute atomic E-state index is 9.04. The Kier molecular flexibility index (Phi) is 3.28. The molecule has 3 nitrogen and oxygen atoms in total. The fourth-order valence-electron chi connectivity index (χ4n) is 1.24. The number of rotatable bonds is 3. The molecule has 3 heteroatoms. The molecule has 13 heavy (non-hydrogen) atoms. The Morgan fingerprint density at radius 3 is 2.69 bits per heavy atom. The lowest BCUT2D eigenvalue weighted by atomic mass is 10.0. The molecule has 1 aromatic carbocycles. The average molecular weight is 180 g/mol. The fraction of sp³-hybridized carbons (Fsp3) is 0.400. The Morgan fingerprint density at radius 1 is 1.54 bits per heavy atom. The van der Waals surface area contributed by atoms with Gasteiger partial charge in [-0.3, -0.25) is 0 Å². The van der Waals surface area contributed by atoms with E-state index in [4.69, 9.17) is 10.8 Å². The van der Waals surface area contributed by atoms with Crippen LogP contribution < -0.4 is 11.1 Å². The largest absolute Gasteiger partial charge is 0.399 e. The zero-order valence-electron chi connectivity index (χ0n) is 8.04. The van der Waals surface area contributed by atoms with Gasteiger partial charge in [0.25, 0.3) is 0 Å². The number of benzene rings is 1. The van der Waals surface area contributed by atoms with Crippen molar-refractivity contribution in [2.24, 2.45) is 0 Å². The van der Waals surface area contributed by atoms with Crippen LogP contribution in [0.5, 0.6) is 0 Å². The highest BCUT2D eigenvalue weighted by molar-refractivity contribution is 5.49. The molecule has 0 spiro atoms. The van der Waals surface area contributed by atoms with Crippen LogP contribution in [-0.4, -0.2) is 18.8 Å². The van der Waals surface area contributed by atoms with Crippen molar-refractivity contribution < 1.29 is 5.11 Å². The topological polar surface area (TPSA) is 58.3 Å².